The van der Waals surface area contributed by atoms with E-state index in [4.69, 9.17) is 11.6 Å². The highest BCUT2D eigenvalue weighted by atomic mass is 79.9. The standard InChI is InChI=1S/C14H17BrClN3/c1-8(2)19-7-10(4)17-14(19)18-13-6-12(16)9(3)5-11(13)15/h5-8H,1-4H3,(H,17,18). The van der Waals surface area contributed by atoms with E-state index in [1.165, 1.54) is 0 Å². The summed E-state index contributed by atoms with van der Waals surface area (Å²) in [6.45, 7) is 8.23. The largest absolute Gasteiger partial charge is 0.325 e. The summed E-state index contributed by atoms with van der Waals surface area (Å²) < 4.78 is 3.08. The second-order valence-electron chi connectivity index (χ2n) is 4.91. The molecule has 5 heteroatoms. The summed E-state index contributed by atoms with van der Waals surface area (Å²) in [7, 11) is 0. The second-order valence-corrected chi connectivity index (χ2v) is 6.17. The highest BCUT2D eigenvalue weighted by Crippen LogP contribution is 2.31. The van der Waals surface area contributed by atoms with Crippen molar-refractivity contribution in [3.05, 3.63) is 39.1 Å². The van der Waals surface area contributed by atoms with Crippen molar-refractivity contribution in [3.63, 3.8) is 0 Å². The third-order valence-corrected chi connectivity index (χ3v) is 3.97. The highest BCUT2D eigenvalue weighted by molar-refractivity contribution is 9.10. The maximum absolute atomic E-state index is 6.17. The van der Waals surface area contributed by atoms with Crippen molar-refractivity contribution in [1.82, 2.24) is 9.55 Å². The number of rotatable bonds is 3. The quantitative estimate of drug-likeness (QED) is 0.826. The smallest absolute Gasteiger partial charge is 0.207 e. The van der Waals surface area contributed by atoms with E-state index in [1.807, 2.05) is 32.2 Å². The van der Waals surface area contributed by atoms with Gasteiger partial charge in [-0.05, 0) is 61.3 Å². The average molecular weight is 343 g/mol. The maximum atomic E-state index is 6.17. The molecule has 0 radical (unpaired) electrons. The van der Waals surface area contributed by atoms with E-state index in [0.29, 0.717) is 6.04 Å². The van der Waals surface area contributed by atoms with Gasteiger partial charge in [0.1, 0.15) is 0 Å². The summed E-state index contributed by atoms with van der Waals surface area (Å²) in [4.78, 5) is 4.51. The van der Waals surface area contributed by atoms with Crippen molar-refractivity contribution in [2.24, 2.45) is 0 Å². The first kappa shape index (κ1) is 14.4. The van der Waals surface area contributed by atoms with Crippen LogP contribution in [0.15, 0.2) is 22.8 Å². The van der Waals surface area contributed by atoms with E-state index in [0.717, 1.165) is 32.4 Å². The molecule has 0 aliphatic carbocycles. The fourth-order valence-corrected chi connectivity index (χ4v) is 2.59. The predicted octanol–water partition coefficient (Wildman–Crippen LogP) is 5.24. The predicted molar refractivity (Wildman–Crippen MR) is 84.5 cm³/mol. The van der Waals surface area contributed by atoms with Gasteiger partial charge in [0.2, 0.25) is 5.95 Å². The van der Waals surface area contributed by atoms with Crippen LogP contribution in [0.5, 0.6) is 0 Å². The normalized spacial score (nSPS) is 11.1. The zero-order valence-electron chi connectivity index (χ0n) is 11.5. The monoisotopic (exact) mass is 341 g/mol. The molecule has 0 fully saturated rings. The lowest BCUT2D eigenvalue weighted by Crippen LogP contribution is -2.05. The van der Waals surface area contributed by atoms with Crippen LogP contribution in [0.4, 0.5) is 11.6 Å². The van der Waals surface area contributed by atoms with Gasteiger partial charge in [0.15, 0.2) is 0 Å². The third kappa shape index (κ3) is 3.12. The van der Waals surface area contributed by atoms with Gasteiger partial charge in [0.05, 0.1) is 11.4 Å². The first-order valence-corrected chi connectivity index (χ1v) is 7.33. The minimum Gasteiger partial charge on any atom is -0.325 e. The topological polar surface area (TPSA) is 29.9 Å². The Morgan fingerprint density at radius 2 is 2.00 bits per heavy atom. The van der Waals surface area contributed by atoms with Gasteiger partial charge >= 0.3 is 0 Å². The van der Waals surface area contributed by atoms with E-state index in [9.17, 15) is 0 Å². The van der Waals surface area contributed by atoms with Crippen LogP contribution < -0.4 is 5.32 Å². The van der Waals surface area contributed by atoms with Gasteiger partial charge in [-0.1, -0.05) is 11.6 Å². The Morgan fingerprint density at radius 1 is 1.32 bits per heavy atom. The molecule has 0 amide bonds. The summed E-state index contributed by atoms with van der Waals surface area (Å²) in [5.41, 5.74) is 2.95. The van der Waals surface area contributed by atoms with Crippen molar-refractivity contribution >= 4 is 39.2 Å². The van der Waals surface area contributed by atoms with Gasteiger partial charge in [-0.25, -0.2) is 4.98 Å². The molecule has 102 valence electrons. The van der Waals surface area contributed by atoms with E-state index < -0.39 is 0 Å². The van der Waals surface area contributed by atoms with Crippen molar-refractivity contribution in [1.29, 1.82) is 0 Å². The molecule has 1 aromatic carbocycles. The van der Waals surface area contributed by atoms with E-state index in [-0.39, 0.29) is 0 Å². The number of benzene rings is 1. The Morgan fingerprint density at radius 3 is 2.63 bits per heavy atom. The lowest BCUT2D eigenvalue weighted by Gasteiger charge is -2.14. The summed E-state index contributed by atoms with van der Waals surface area (Å²) in [6.07, 6.45) is 2.04. The Hall–Kier alpha value is -1.000. The number of halogens is 2. The van der Waals surface area contributed by atoms with Gasteiger partial charge in [-0.3, -0.25) is 0 Å². The lowest BCUT2D eigenvalue weighted by atomic mass is 10.2. The Balaban J connectivity index is 2.39. The molecule has 0 saturated carbocycles. The second kappa shape index (κ2) is 5.55. The van der Waals surface area contributed by atoms with Crippen LogP contribution in [0.25, 0.3) is 0 Å². The molecule has 0 spiro atoms. The molecule has 2 aromatic rings. The molecule has 0 unspecified atom stereocenters. The van der Waals surface area contributed by atoms with Crippen LogP contribution in [-0.2, 0) is 0 Å². The van der Waals surface area contributed by atoms with E-state index in [1.54, 1.807) is 0 Å². The van der Waals surface area contributed by atoms with Crippen LogP contribution in [0.1, 0.15) is 31.1 Å². The van der Waals surface area contributed by atoms with Gasteiger partial charge in [-0.2, -0.15) is 0 Å². The van der Waals surface area contributed by atoms with E-state index in [2.05, 4.69) is 44.6 Å². The Labute approximate surface area is 127 Å². The number of hydrogen-bond acceptors (Lipinski definition) is 2. The van der Waals surface area contributed by atoms with Crippen LogP contribution in [0, 0.1) is 13.8 Å². The zero-order valence-corrected chi connectivity index (χ0v) is 13.8. The van der Waals surface area contributed by atoms with Crippen molar-refractivity contribution in [3.8, 4) is 0 Å². The van der Waals surface area contributed by atoms with Crippen molar-refractivity contribution < 1.29 is 0 Å². The van der Waals surface area contributed by atoms with Crippen LogP contribution in [-0.4, -0.2) is 9.55 Å². The van der Waals surface area contributed by atoms with Gasteiger partial charge < -0.3 is 9.88 Å². The van der Waals surface area contributed by atoms with Crippen LogP contribution >= 0.6 is 27.5 Å². The highest BCUT2D eigenvalue weighted by Gasteiger charge is 2.11. The third-order valence-electron chi connectivity index (χ3n) is 2.90. The molecule has 0 saturated heterocycles. The summed E-state index contributed by atoms with van der Waals surface area (Å²) in [5, 5.41) is 4.07. The molecule has 2 rings (SSSR count). The lowest BCUT2D eigenvalue weighted by molar-refractivity contribution is 0.607. The van der Waals surface area contributed by atoms with Gasteiger partial charge in [0.25, 0.3) is 0 Å². The molecule has 0 aliphatic rings. The molecule has 19 heavy (non-hydrogen) atoms. The zero-order chi connectivity index (χ0) is 14.2. The Bertz CT molecular complexity index is 605. The molecular weight excluding hydrogens is 326 g/mol. The molecule has 1 N–H and O–H groups in total. The first-order chi connectivity index (χ1) is 8.88. The molecule has 0 atom stereocenters. The average Bonchev–Trinajstić information content (AvgIpc) is 2.67. The molecule has 3 nitrogen and oxygen atoms in total. The minimum absolute atomic E-state index is 0.350. The number of hydrogen-bond donors (Lipinski definition) is 1. The molecular formula is C14H17BrClN3. The fourth-order valence-electron chi connectivity index (χ4n) is 1.86. The molecule has 1 aromatic heterocycles. The number of imidazole rings is 1. The Kier molecular flexibility index (Phi) is 4.21. The number of nitrogens with one attached hydrogen (secondary N) is 1. The number of aryl methyl sites for hydroxylation is 2. The molecule has 1 heterocycles. The molecule has 0 aliphatic heterocycles. The van der Waals surface area contributed by atoms with Crippen LogP contribution in [0.2, 0.25) is 5.02 Å². The minimum atomic E-state index is 0.350. The number of aromatic nitrogens is 2. The van der Waals surface area contributed by atoms with Gasteiger partial charge in [-0.15, -0.1) is 0 Å². The van der Waals surface area contributed by atoms with Gasteiger partial charge in [0, 0.05) is 21.7 Å². The van der Waals surface area contributed by atoms with Crippen molar-refractivity contribution in [2.45, 2.75) is 33.7 Å². The maximum Gasteiger partial charge on any atom is 0.207 e. The van der Waals surface area contributed by atoms with Crippen LogP contribution in [0.3, 0.4) is 0 Å². The number of anilines is 2. The SMILES string of the molecule is Cc1cn(C(C)C)c(Nc2cc(Cl)c(C)cc2Br)n1. The van der Waals surface area contributed by atoms with Crippen molar-refractivity contribution in [2.75, 3.05) is 5.32 Å². The number of nitrogens with zero attached hydrogens (tertiary/aromatic N) is 2. The fraction of sp³-hybridized carbons (Fsp3) is 0.357. The summed E-state index contributed by atoms with van der Waals surface area (Å²) in [5.74, 6) is 0.827. The molecule has 0 bridgehead atoms. The summed E-state index contributed by atoms with van der Waals surface area (Å²) in [6, 6.07) is 4.26. The summed E-state index contributed by atoms with van der Waals surface area (Å²) >= 11 is 9.72. The van der Waals surface area contributed by atoms with E-state index >= 15 is 0 Å². The first-order valence-electron chi connectivity index (χ1n) is 6.16.